The second-order valence-corrected chi connectivity index (χ2v) is 7.02. The Kier molecular flexibility index (Phi) is 4.04. The van der Waals surface area contributed by atoms with Gasteiger partial charge in [-0.25, -0.2) is 4.98 Å². The largest absolute Gasteiger partial charge is 0.342 e. The molecule has 128 valence electrons. The van der Waals surface area contributed by atoms with Crippen molar-refractivity contribution in [2.24, 2.45) is 0 Å². The molecule has 1 N–H and O–H groups in total. The highest BCUT2D eigenvalue weighted by molar-refractivity contribution is 5.95. The van der Waals surface area contributed by atoms with Crippen LogP contribution < -0.4 is 0 Å². The number of imidazole rings is 1. The van der Waals surface area contributed by atoms with Crippen LogP contribution in [0.4, 0.5) is 0 Å². The molecule has 1 aliphatic heterocycles. The first-order valence-electron chi connectivity index (χ1n) is 8.93. The molecule has 25 heavy (non-hydrogen) atoms. The minimum atomic E-state index is 0.153. The number of para-hydroxylation sites is 2. The van der Waals surface area contributed by atoms with Gasteiger partial charge in [0.2, 0.25) is 0 Å². The van der Waals surface area contributed by atoms with Gasteiger partial charge < -0.3 is 9.88 Å². The van der Waals surface area contributed by atoms with Gasteiger partial charge in [0.15, 0.2) is 0 Å². The van der Waals surface area contributed by atoms with E-state index < -0.39 is 0 Å². The molecule has 4 heteroatoms. The Balaban J connectivity index is 1.46. The summed E-state index contributed by atoms with van der Waals surface area (Å²) in [7, 11) is 0. The third-order valence-electron chi connectivity index (χ3n) is 5.19. The monoisotopic (exact) mass is 333 g/mol. The Morgan fingerprint density at radius 2 is 1.88 bits per heavy atom. The SMILES string of the molecule is Cc1ccc(C(=O)N2CCC(c3nc4ccccc4[nH]3)CC2)c(C)c1. The average molecular weight is 333 g/mol. The number of carbonyl (C=O) groups excluding carboxylic acids is 1. The first kappa shape index (κ1) is 15.9. The Hall–Kier alpha value is -2.62. The van der Waals surface area contributed by atoms with Gasteiger partial charge in [-0.1, -0.05) is 29.8 Å². The number of H-pyrrole nitrogens is 1. The van der Waals surface area contributed by atoms with Gasteiger partial charge in [-0.05, 0) is 50.5 Å². The third kappa shape index (κ3) is 3.04. The van der Waals surface area contributed by atoms with Crippen molar-refractivity contribution >= 4 is 16.9 Å². The standard InChI is InChI=1S/C21H23N3O/c1-14-7-8-17(15(2)13-14)21(25)24-11-9-16(10-12-24)20-22-18-5-3-4-6-19(18)23-20/h3-8,13,16H,9-12H2,1-2H3,(H,22,23). The van der Waals surface area contributed by atoms with E-state index in [1.807, 2.05) is 42.2 Å². The van der Waals surface area contributed by atoms with Gasteiger partial charge in [0.25, 0.3) is 5.91 Å². The highest BCUT2D eigenvalue weighted by atomic mass is 16.2. The fourth-order valence-electron chi connectivity index (χ4n) is 3.75. The maximum absolute atomic E-state index is 12.8. The molecule has 1 aromatic heterocycles. The number of aromatic amines is 1. The predicted molar refractivity (Wildman–Crippen MR) is 99.9 cm³/mol. The molecule has 0 atom stereocenters. The smallest absolute Gasteiger partial charge is 0.254 e. The van der Waals surface area contributed by atoms with Gasteiger partial charge in [-0.3, -0.25) is 4.79 Å². The van der Waals surface area contributed by atoms with E-state index >= 15 is 0 Å². The fraction of sp³-hybridized carbons (Fsp3) is 0.333. The van der Waals surface area contributed by atoms with E-state index in [4.69, 9.17) is 4.98 Å². The van der Waals surface area contributed by atoms with E-state index in [0.717, 1.165) is 53.9 Å². The number of likely N-dealkylation sites (tertiary alicyclic amines) is 1. The summed E-state index contributed by atoms with van der Waals surface area (Å²) in [6.45, 7) is 5.64. The summed E-state index contributed by atoms with van der Waals surface area (Å²) < 4.78 is 0. The lowest BCUT2D eigenvalue weighted by atomic mass is 9.95. The number of nitrogens with zero attached hydrogens (tertiary/aromatic N) is 2. The summed E-state index contributed by atoms with van der Waals surface area (Å²) in [5.41, 5.74) is 5.19. The highest BCUT2D eigenvalue weighted by Crippen LogP contribution is 2.28. The van der Waals surface area contributed by atoms with Gasteiger partial charge in [0.05, 0.1) is 11.0 Å². The Morgan fingerprint density at radius 1 is 1.12 bits per heavy atom. The van der Waals surface area contributed by atoms with Crippen LogP contribution in [0.5, 0.6) is 0 Å². The quantitative estimate of drug-likeness (QED) is 0.764. The molecule has 1 fully saturated rings. The highest BCUT2D eigenvalue weighted by Gasteiger charge is 2.26. The summed E-state index contributed by atoms with van der Waals surface area (Å²) in [5, 5.41) is 0. The molecule has 0 aliphatic carbocycles. The van der Waals surface area contributed by atoms with E-state index in [-0.39, 0.29) is 5.91 Å². The van der Waals surface area contributed by atoms with Crippen LogP contribution in [0.2, 0.25) is 0 Å². The zero-order valence-electron chi connectivity index (χ0n) is 14.7. The van der Waals surface area contributed by atoms with E-state index in [1.54, 1.807) is 0 Å². The molecular formula is C21H23N3O. The minimum Gasteiger partial charge on any atom is -0.342 e. The number of carbonyl (C=O) groups is 1. The summed E-state index contributed by atoms with van der Waals surface area (Å²) in [5.74, 6) is 1.61. The molecule has 0 bridgehead atoms. The van der Waals surface area contributed by atoms with Crippen molar-refractivity contribution < 1.29 is 4.79 Å². The summed E-state index contributed by atoms with van der Waals surface area (Å²) >= 11 is 0. The molecule has 4 nitrogen and oxygen atoms in total. The van der Waals surface area contributed by atoms with Crippen LogP contribution in [0.3, 0.4) is 0 Å². The maximum atomic E-state index is 12.8. The number of amides is 1. The molecule has 1 saturated heterocycles. The van der Waals surface area contributed by atoms with E-state index in [1.165, 1.54) is 5.56 Å². The Morgan fingerprint density at radius 3 is 2.60 bits per heavy atom. The molecule has 2 aromatic carbocycles. The lowest BCUT2D eigenvalue weighted by Gasteiger charge is -2.31. The number of rotatable bonds is 2. The lowest BCUT2D eigenvalue weighted by molar-refractivity contribution is 0.0710. The first-order valence-corrected chi connectivity index (χ1v) is 8.93. The topological polar surface area (TPSA) is 49.0 Å². The second kappa shape index (κ2) is 6.36. The van der Waals surface area contributed by atoms with E-state index in [2.05, 4.69) is 24.0 Å². The fourth-order valence-corrected chi connectivity index (χ4v) is 3.75. The van der Waals surface area contributed by atoms with E-state index in [0.29, 0.717) is 5.92 Å². The number of aryl methyl sites for hydroxylation is 2. The normalized spacial score (nSPS) is 15.7. The van der Waals surface area contributed by atoms with Crippen LogP contribution in [-0.4, -0.2) is 33.9 Å². The van der Waals surface area contributed by atoms with E-state index in [9.17, 15) is 4.79 Å². The number of piperidine rings is 1. The molecule has 0 unspecified atom stereocenters. The molecule has 0 saturated carbocycles. The third-order valence-corrected chi connectivity index (χ3v) is 5.19. The molecule has 2 heterocycles. The van der Waals surface area contributed by atoms with Crippen LogP contribution in [0.15, 0.2) is 42.5 Å². The molecule has 1 aliphatic rings. The van der Waals surface area contributed by atoms with Gasteiger partial charge in [-0.15, -0.1) is 0 Å². The Bertz CT molecular complexity index is 887. The van der Waals surface area contributed by atoms with Crippen molar-refractivity contribution in [3.05, 3.63) is 65.0 Å². The molecular weight excluding hydrogens is 310 g/mol. The van der Waals surface area contributed by atoms with Crippen molar-refractivity contribution in [3.63, 3.8) is 0 Å². The minimum absolute atomic E-state index is 0.153. The van der Waals surface area contributed by atoms with Crippen LogP contribution in [0, 0.1) is 13.8 Å². The van der Waals surface area contributed by atoms with Crippen molar-refractivity contribution in [2.75, 3.05) is 13.1 Å². The van der Waals surface area contributed by atoms with Gasteiger partial charge in [0, 0.05) is 24.6 Å². The summed E-state index contributed by atoms with van der Waals surface area (Å²) in [4.78, 5) is 23.0. The van der Waals surface area contributed by atoms with Crippen molar-refractivity contribution in [2.45, 2.75) is 32.6 Å². The number of hydrogen-bond donors (Lipinski definition) is 1. The molecule has 0 radical (unpaired) electrons. The lowest BCUT2D eigenvalue weighted by Crippen LogP contribution is -2.38. The van der Waals surface area contributed by atoms with Crippen LogP contribution >= 0.6 is 0 Å². The number of fused-ring (bicyclic) bond motifs is 1. The second-order valence-electron chi connectivity index (χ2n) is 7.02. The molecule has 4 rings (SSSR count). The summed E-state index contributed by atoms with van der Waals surface area (Å²) in [6, 6.07) is 14.2. The van der Waals surface area contributed by atoms with Crippen molar-refractivity contribution in [1.29, 1.82) is 0 Å². The molecule has 3 aromatic rings. The Labute approximate surface area is 147 Å². The maximum Gasteiger partial charge on any atom is 0.254 e. The van der Waals surface area contributed by atoms with Gasteiger partial charge >= 0.3 is 0 Å². The molecule has 0 spiro atoms. The number of nitrogens with one attached hydrogen (secondary N) is 1. The predicted octanol–water partition coefficient (Wildman–Crippen LogP) is 4.20. The summed E-state index contributed by atoms with van der Waals surface area (Å²) in [6.07, 6.45) is 1.91. The van der Waals surface area contributed by atoms with Crippen LogP contribution in [0.1, 0.15) is 46.1 Å². The van der Waals surface area contributed by atoms with Gasteiger partial charge in [-0.2, -0.15) is 0 Å². The van der Waals surface area contributed by atoms with Crippen LogP contribution in [0.25, 0.3) is 11.0 Å². The van der Waals surface area contributed by atoms with Crippen LogP contribution in [-0.2, 0) is 0 Å². The first-order chi connectivity index (χ1) is 12.1. The number of aromatic nitrogens is 2. The zero-order chi connectivity index (χ0) is 17.4. The van der Waals surface area contributed by atoms with Crippen molar-refractivity contribution in [1.82, 2.24) is 14.9 Å². The number of hydrogen-bond acceptors (Lipinski definition) is 2. The van der Waals surface area contributed by atoms with Crippen molar-refractivity contribution in [3.8, 4) is 0 Å². The number of benzene rings is 2. The molecule has 1 amide bonds. The average Bonchev–Trinajstić information content (AvgIpc) is 3.05. The zero-order valence-corrected chi connectivity index (χ0v) is 14.7. The van der Waals surface area contributed by atoms with Gasteiger partial charge in [0.1, 0.15) is 5.82 Å².